The average molecular weight is 210 g/mol. The van der Waals surface area contributed by atoms with Crippen molar-refractivity contribution in [2.75, 3.05) is 20.8 Å². The number of aliphatic hydroxyl groups excluding tert-OH is 1. The quantitative estimate of drug-likeness (QED) is 0.825. The van der Waals surface area contributed by atoms with Gasteiger partial charge in [-0.1, -0.05) is 26.0 Å². The summed E-state index contributed by atoms with van der Waals surface area (Å²) in [6.45, 7) is 3.99. The molecule has 84 valence electrons. The maximum atomic E-state index is 9.33. The van der Waals surface area contributed by atoms with Gasteiger partial charge < -0.3 is 14.6 Å². The van der Waals surface area contributed by atoms with E-state index >= 15 is 0 Å². The second kappa shape index (κ2) is 4.53. The molecule has 0 spiro atoms. The molecule has 1 N–H and O–H groups in total. The molecule has 15 heavy (non-hydrogen) atoms. The van der Waals surface area contributed by atoms with Gasteiger partial charge in [-0.2, -0.15) is 0 Å². The molecule has 3 nitrogen and oxygen atoms in total. The molecule has 0 aromatic heterocycles. The lowest BCUT2D eigenvalue weighted by atomic mass is 9.85. The van der Waals surface area contributed by atoms with Crippen LogP contribution in [0.15, 0.2) is 18.2 Å². The Bertz CT molecular complexity index is 332. The fourth-order valence-electron chi connectivity index (χ4n) is 1.51. The average Bonchev–Trinajstić information content (AvgIpc) is 2.27. The number of methoxy groups -OCH3 is 2. The van der Waals surface area contributed by atoms with Gasteiger partial charge >= 0.3 is 0 Å². The van der Waals surface area contributed by atoms with Crippen LogP contribution < -0.4 is 9.47 Å². The summed E-state index contributed by atoms with van der Waals surface area (Å²) >= 11 is 0. The number of aliphatic hydroxyl groups is 1. The molecule has 3 heteroatoms. The van der Waals surface area contributed by atoms with E-state index in [2.05, 4.69) is 0 Å². The van der Waals surface area contributed by atoms with Crippen molar-refractivity contribution < 1.29 is 14.6 Å². The number of hydrogen-bond acceptors (Lipinski definition) is 3. The first kappa shape index (κ1) is 11.9. The fraction of sp³-hybridized carbons (Fsp3) is 0.500. The van der Waals surface area contributed by atoms with Crippen LogP contribution >= 0.6 is 0 Å². The first-order valence-electron chi connectivity index (χ1n) is 4.89. The molecule has 0 aliphatic heterocycles. The lowest BCUT2D eigenvalue weighted by Gasteiger charge is -2.25. The number of benzene rings is 1. The van der Waals surface area contributed by atoms with Crippen molar-refractivity contribution in [3.63, 3.8) is 0 Å². The number of para-hydroxylation sites is 1. The van der Waals surface area contributed by atoms with E-state index < -0.39 is 0 Å². The third kappa shape index (κ3) is 2.23. The second-order valence-electron chi connectivity index (χ2n) is 4.08. The Kier molecular flexibility index (Phi) is 3.58. The van der Waals surface area contributed by atoms with Gasteiger partial charge in [-0.3, -0.25) is 0 Å². The summed E-state index contributed by atoms with van der Waals surface area (Å²) in [6, 6.07) is 5.68. The Morgan fingerprint density at radius 2 is 1.87 bits per heavy atom. The second-order valence-corrected chi connectivity index (χ2v) is 4.08. The zero-order valence-corrected chi connectivity index (χ0v) is 9.70. The van der Waals surface area contributed by atoms with Gasteiger partial charge in [-0.05, 0) is 6.07 Å². The topological polar surface area (TPSA) is 38.7 Å². The van der Waals surface area contributed by atoms with Crippen LogP contribution in [0.5, 0.6) is 11.5 Å². The number of hydrogen-bond donors (Lipinski definition) is 1. The smallest absolute Gasteiger partial charge is 0.164 e. The first-order chi connectivity index (χ1) is 7.06. The predicted molar refractivity (Wildman–Crippen MR) is 59.7 cm³/mol. The SMILES string of the molecule is COc1cccc(C(C)(C)CO)c1OC. The minimum absolute atomic E-state index is 0.0660. The molecule has 0 bridgehead atoms. The molecule has 0 fully saturated rings. The highest BCUT2D eigenvalue weighted by molar-refractivity contribution is 5.49. The van der Waals surface area contributed by atoms with Crippen LogP contribution in [0.3, 0.4) is 0 Å². The van der Waals surface area contributed by atoms with E-state index in [1.807, 2.05) is 32.0 Å². The van der Waals surface area contributed by atoms with Crippen LogP contribution in [0.25, 0.3) is 0 Å². The lowest BCUT2D eigenvalue weighted by Crippen LogP contribution is -2.23. The van der Waals surface area contributed by atoms with Crippen LogP contribution in [-0.4, -0.2) is 25.9 Å². The summed E-state index contributed by atoms with van der Waals surface area (Å²) in [6.07, 6.45) is 0. The monoisotopic (exact) mass is 210 g/mol. The minimum Gasteiger partial charge on any atom is -0.493 e. The zero-order valence-electron chi connectivity index (χ0n) is 9.70. The molecular weight excluding hydrogens is 192 g/mol. The van der Waals surface area contributed by atoms with E-state index in [1.165, 1.54) is 0 Å². The van der Waals surface area contributed by atoms with Crippen LogP contribution in [0, 0.1) is 0 Å². The molecule has 1 rings (SSSR count). The highest BCUT2D eigenvalue weighted by Gasteiger charge is 2.25. The molecule has 0 amide bonds. The van der Waals surface area contributed by atoms with Gasteiger partial charge in [-0.15, -0.1) is 0 Å². The van der Waals surface area contributed by atoms with Crippen molar-refractivity contribution in [2.24, 2.45) is 0 Å². The van der Waals surface area contributed by atoms with Crippen molar-refractivity contribution in [3.05, 3.63) is 23.8 Å². The summed E-state index contributed by atoms with van der Waals surface area (Å²) in [5.41, 5.74) is 0.617. The van der Waals surface area contributed by atoms with Crippen molar-refractivity contribution in [3.8, 4) is 11.5 Å². The van der Waals surface area contributed by atoms with Gasteiger partial charge in [0.1, 0.15) is 0 Å². The van der Waals surface area contributed by atoms with Gasteiger partial charge in [0.15, 0.2) is 11.5 Å². The Morgan fingerprint density at radius 1 is 1.20 bits per heavy atom. The number of ether oxygens (including phenoxy) is 2. The molecule has 0 atom stereocenters. The van der Waals surface area contributed by atoms with Crippen LogP contribution in [-0.2, 0) is 5.41 Å². The van der Waals surface area contributed by atoms with Crippen molar-refractivity contribution >= 4 is 0 Å². The standard InChI is InChI=1S/C12H18O3/c1-12(2,8-13)9-6-5-7-10(14-3)11(9)15-4/h5-7,13H,8H2,1-4H3. The third-order valence-corrected chi connectivity index (χ3v) is 2.53. The van der Waals surface area contributed by atoms with E-state index in [-0.39, 0.29) is 12.0 Å². The largest absolute Gasteiger partial charge is 0.493 e. The molecule has 0 unspecified atom stereocenters. The maximum absolute atomic E-state index is 9.33. The molecule has 0 radical (unpaired) electrons. The molecular formula is C12H18O3. The fourth-order valence-corrected chi connectivity index (χ4v) is 1.51. The van der Waals surface area contributed by atoms with Gasteiger partial charge in [0.25, 0.3) is 0 Å². The van der Waals surface area contributed by atoms with Gasteiger partial charge in [0, 0.05) is 11.0 Å². The predicted octanol–water partition coefficient (Wildman–Crippen LogP) is 1.97. The van der Waals surface area contributed by atoms with Crippen LogP contribution in [0.4, 0.5) is 0 Å². The normalized spacial score (nSPS) is 11.3. The highest BCUT2D eigenvalue weighted by Crippen LogP contribution is 2.37. The molecule has 1 aromatic carbocycles. The molecule has 0 aliphatic carbocycles. The zero-order chi connectivity index (χ0) is 11.5. The maximum Gasteiger partial charge on any atom is 0.164 e. The minimum atomic E-state index is -0.333. The van der Waals surface area contributed by atoms with Crippen LogP contribution in [0.2, 0.25) is 0 Å². The van der Waals surface area contributed by atoms with E-state index in [0.29, 0.717) is 11.5 Å². The van der Waals surface area contributed by atoms with E-state index in [4.69, 9.17) is 9.47 Å². The molecule has 0 saturated carbocycles. The van der Waals surface area contributed by atoms with Gasteiger partial charge in [0.05, 0.1) is 20.8 Å². The summed E-state index contributed by atoms with van der Waals surface area (Å²) in [7, 11) is 3.21. The van der Waals surface area contributed by atoms with Crippen LogP contribution in [0.1, 0.15) is 19.4 Å². The first-order valence-corrected chi connectivity index (χ1v) is 4.89. The van der Waals surface area contributed by atoms with E-state index in [0.717, 1.165) is 5.56 Å². The van der Waals surface area contributed by atoms with Gasteiger partial charge in [0.2, 0.25) is 0 Å². The summed E-state index contributed by atoms with van der Waals surface area (Å²) < 4.78 is 10.5. The Balaban J connectivity index is 3.29. The summed E-state index contributed by atoms with van der Waals surface area (Å²) in [4.78, 5) is 0. The summed E-state index contributed by atoms with van der Waals surface area (Å²) in [5, 5.41) is 9.33. The molecule has 0 heterocycles. The summed E-state index contributed by atoms with van der Waals surface area (Å²) in [5.74, 6) is 1.38. The number of rotatable bonds is 4. The Labute approximate surface area is 90.6 Å². The molecule has 0 aliphatic rings. The highest BCUT2D eigenvalue weighted by atomic mass is 16.5. The Morgan fingerprint density at radius 3 is 2.33 bits per heavy atom. The van der Waals surface area contributed by atoms with Gasteiger partial charge in [-0.25, -0.2) is 0 Å². The van der Waals surface area contributed by atoms with Crippen molar-refractivity contribution in [1.82, 2.24) is 0 Å². The Hall–Kier alpha value is -1.22. The lowest BCUT2D eigenvalue weighted by molar-refractivity contribution is 0.213. The molecule has 0 saturated heterocycles. The van der Waals surface area contributed by atoms with E-state index in [9.17, 15) is 5.11 Å². The van der Waals surface area contributed by atoms with E-state index in [1.54, 1.807) is 14.2 Å². The molecule has 1 aromatic rings. The van der Waals surface area contributed by atoms with Crippen molar-refractivity contribution in [2.45, 2.75) is 19.3 Å². The van der Waals surface area contributed by atoms with Crippen molar-refractivity contribution in [1.29, 1.82) is 0 Å². The third-order valence-electron chi connectivity index (χ3n) is 2.53.